The van der Waals surface area contributed by atoms with E-state index in [9.17, 15) is 0 Å². The number of nitrogens with zero attached hydrogens (tertiary/aromatic N) is 1. The van der Waals surface area contributed by atoms with Gasteiger partial charge >= 0.3 is 0 Å². The maximum atomic E-state index is 5.83. The highest BCUT2D eigenvalue weighted by atomic mass is 127. The molecule has 0 amide bonds. The number of para-hydroxylation sites is 1. The zero-order valence-corrected chi connectivity index (χ0v) is 15.6. The van der Waals surface area contributed by atoms with E-state index in [-0.39, 0.29) is 24.0 Å². The fourth-order valence-electron chi connectivity index (χ4n) is 1.66. The van der Waals surface area contributed by atoms with Crippen molar-refractivity contribution in [1.82, 2.24) is 5.32 Å². The van der Waals surface area contributed by atoms with Crippen LogP contribution in [-0.2, 0) is 6.54 Å². The van der Waals surface area contributed by atoms with Gasteiger partial charge in [0.05, 0.1) is 13.2 Å². The molecule has 0 aliphatic heterocycles. The normalized spacial score (nSPS) is 11.1. The number of nitrogens with two attached hydrogens (primary N) is 1. The molecule has 1 aromatic rings. The molecule has 0 atom stereocenters. The van der Waals surface area contributed by atoms with Gasteiger partial charge in [-0.1, -0.05) is 39.0 Å². The molecule has 0 saturated heterocycles. The third-order valence-electron chi connectivity index (χ3n) is 2.90. The molecule has 0 radical (unpaired) electrons. The Morgan fingerprint density at radius 3 is 2.71 bits per heavy atom. The Morgan fingerprint density at radius 1 is 1.33 bits per heavy atom. The van der Waals surface area contributed by atoms with Gasteiger partial charge in [0.1, 0.15) is 5.75 Å². The van der Waals surface area contributed by atoms with Crippen LogP contribution in [0.25, 0.3) is 0 Å². The fourth-order valence-corrected chi connectivity index (χ4v) is 1.66. The molecule has 0 aromatic heterocycles. The SMILES string of the molecule is CCCNC(N)=NCc1ccccc1OCCC(C)C.I. The van der Waals surface area contributed by atoms with Crippen LogP contribution >= 0.6 is 24.0 Å². The maximum absolute atomic E-state index is 5.83. The number of halogens is 1. The summed E-state index contributed by atoms with van der Waals surface area (Å²) in [4.78, 5) is 4.34. The lowest BCUT2D eigenvalue weighted by atomic mass is 10.1. The van der Waals surface area contributed by atoms with Crippen LogP contribution in [0, 0.1) is 5.92 Å². The highest BCUT2D eigenvalue weighted by Crippen LogP contribution is 2.19. The van der Waals surface area contributed by atoms with Crippen LogP contribution in [0.15, 0.2) is 29.3 Å². The number of benzene rings is 1. The van der Waals surface area contributed by atoms with E-state index < -0.39 is 0 Å². The first-order valence-electron chi connectivity index (χ1n) is 7.38. The molecule has 0 unspecified atom stereocenters. The Bertz CT molecular complexity index is 422. The lowest BCUT2D eigenvalue weighted by Crippen LogP contribution is -2.32. The Kier molecular flexibility index (Phi) is 11.1. The van der Waals surface area contributed by atoms with Gasteiger partial charge in [-0.05, 0) is 24.8 Å². The molecular formula is C16H28IN3O. The van der Waals surface area contributed by atoms with E-state index in [1.165, 1.54) is 0 Å². The van der Waals surface area contributed by atoms with Gasteiger partial charge in [-0.3, -0.25) is 0 Å². The fraction of sp³-hybridized carbons (Fsp3) is 0.562. The molecule has 120 valence electrons. The van der Waals surface area contributed by atoms with Gasteiger partial charge in [0.25, 0.3) is 0 Å². The average Bonchev–Trinajstić information content (AvgIpc) is 2.43. The average molecular weight is 405 g/mol. The van der Waals surface area contributed by atoms with Gasteiger partial charge in [-0.15, -0.1) is 24.0 Å². The van der Waals surface area contributed by atoms with Crippen molar-refractivity contribution in [2.75, 3.05) is 13.2 Å². The summed E-state index contributed by atoms with van der Waals surface area (Å²) >= 11 is 0. The third kappa shape index (κ3) is 8.80. The lowest BCUT2D eigenvalue weighted by Gasteiger charge is -2.11. The maximum Gasteiger partial charge on any atom is 0.188 e. The molecule has 0 spiro atoms. The Morgan fingerprint density at radius 2 is 2.05 bits per heavy atom. The zero-order chi connectivity index (χ0) is 14.8. The van der Waals surface area contributed by atoms with E-state index in [1.54, 1.807) is 0 Å². The second-order valence-corrected chi connectivity index (χ2v) is 5.27. The molecule has 0 saturated carbocycles. The predicted molar refractivity (Wildman–Crippen MR) is 100 cm³/mol. The van der Waals surface area contributed by atoms with Gasteiger partial charge in [0.15, 0.2) is 5.96 Å². The molecule has 0 fully saturated rings. The van der Waals surface area contributed by atoms with Crippen molar-refractivity contribution >= 4 is 29.9 Å². The third-order valence-corrected chi connectivity index (χ3v) is 2.90. The minimum atomic E-state index is 0. The first-order valence-corrected chi connectivity index (χ1v) is 7.38. The van der Waals surface area contributed by atoms with E-state index in [1.807, 2.05) is 24.3 Å². The standard InChI is InChI=1S/C16H27N3O.HI/c1-4-10-18-16(17)19-12-14-7-5-6-8-15(14)20-11-9-13(2)3;/h5-8,13H,4,9-12H2,1-3H3,(H3,17,18,19);1H. The minimum Gasteiger partial charge on any atom is -0.493 e. The van der Waals surface area contributed by atoms with E-state index in [4.69, 9.17) is 10.5 Å². The molecule has 5 heteroatoms. The van der Waals surface area contributed by atoms with Crippen LogP contribution in [0.5, 0.6) is 5.75 Å². The summed E-state index contributed by atoms with van der Waals surface area (Å²) in [6, 6.07) is 7.99. The van der Waals surface area contributed by atoms with Crippen LogP contribution in [0.4, 0.5) is 0 Å². The summed E-state index contributed by atoms with van der Waals surface area (Å²) < 4.78 is 5.83. The van der Waals surface area contributed by atoms with Crippen LogP contribution in [-0.4, -0.2) is 19.1 Å². The Hall–Kier alpha value is -0.980. The van der Waals surface area contributed by atoms with Crippen molar-refractivity contribution in [2.24, 2.45) is 16.6 Å². The number of rotatable bonds is 8. The largest absolute Gasteiger partial charge is 0.493 e. The number of hydrogen-bond acceptors (Lipinski definition) is 2. The van der Waals surface area contributed by atoms with E-state index in [0.717, 1.165) is 37.3 Å². The van der Waals surface area contributed by atoms with Crippen molar-refractivity contribution in [3.05, 3.63) is 29.8 Å². The van der Waals surface area contributed by atoms with Gasteiger partial charge in [0, 0.05) is 12.1 Å². The molecule has 1 rings (SSSR count). The van der Waals surface area contributed by atoms with E-state index in [2.05, 4.69) is 31.1 Å². The summed E-state index contributed by atoms with van der Waals surface area (Å²) in [5.41, 5.74) is 6.86. The van der Waals surface area contributed by atoms with Crippen molar-refractivity contribution in [3.8, 4) is 5.75 Å². The Labute approximate surface area is 145 Å². The minimum absolute atomic E-state index is 0. The van der Waals surface area contributed by atoms with Crippen LogP contribution in [0.1, 0.15) is 39.2 Å². The molecule has 0 aliphatic rings. The Balaban J connectivity index is 0.00000400. The molecule has 21 heavy (non-hydrogen) atoms. The highest BCUT2D eigenvalue weighted by Gasteiger charge is 2.03. The first-order chi connectivity index (χ1) is 9.63. The molecular weight excluding hydrogens is 377 g/mol. The van der Waals surface area contributed by atoms with Gasteiger partial charge in [-0.2, -0.15) is 0 Å². The zero-order valence-electron chi connectivity index (χ0n) is 13.3. The van der Waals surface area contributed by atoms with E-state index in [0.29, 0.717) is 18.4 Å². The summed E-state index contributed by atoms with van der Waals surface area (Å²) in [7, 11) is 0. The number of guanidine groups is 1. The van der Waals surface area contributed by atoms with Gasteiger partial charge in [0.2, 0.25) is 0 Å². The first kappa shape index (κ1) is 20.0. The summed E-state index contributed by atoms with van der Waals surface area (Å²) in [5.74, 6) is 2.04. The highest BCUT2D eigenvalue weighted by molar-refractivity contribution is 14.0. The van der Waals surface area contributed by atoms with Crippen molar-refractivity contribution < 1.29 is 4.74 Å². The second kappa shape index (κ2) is 11.7. The van der Waals surface area contributed by atoms with Crippen LogP contribution < -0.4 is 15.8 Å². The number of hydrogen-bond donors (Lipinski definition) is 2. The van der Waals surface area contributed by atoms with Crippen molar-refractivity contribution in [1.29, 1.82) is 0 Å². The van der Waals surface area contributed by atoms with Crippen LogP contribution in [0.3, 0.4) is 0 Å². The topological polar surface area (TPSA) is 59.6 Å². The summed E-state index contributed by atoms with van der Waals surface area (Å²) in [6.45, 7) is 8.61. The number of ether oxygens (including phenoxy) is 1. The quantitative estimate of drug-likeness (QED) is 0.395. The van der Waals surface area contributed by atoms with Crippen LogP contribution in [0.2, 0.25) is 0 Å². The van der Waals surface area contributed by atoms with Gasteiger partial charge < -0.3 is 15.8 Å². The van der Waals surface area contributed by atoms with Crippen molar-refractivity contribution in [2.45, 2.75) is 40.2 Å². The summed E-state index contributed by atoms with van der Waals surface area (Å²) in [5, 5.41) is 3.07. The smallest absolute Gasteiger partial charge is 0.188 e. The van der Waals surface area contributed by atoms with E-state index >= 15 is 0 Å². The van der Waals surface area contributed by atoms with Gasteiger partial charge in [-0.25, -0.2) is 4.99 Å². The molecule has 0 heterocycles. The molecule has 0 bridgehead atoms. The summed E-state index contributed by atoms with van der Waals surface area (Å²) in [6.07, 6.45) is 2.09. The molecule has 3 N–H and O–H groups in total. The number of nitrogens with one attached hydrogen (secondary N) is 1. The predicted octanol–water partition coefficient (Wildman–Crippen LogP) is 3.54. The number of aliphatic imine (C=N–C) groups is 1. The molecule has 4 nitrogen and oxygen atoms in total. The monoisotopic (exact) mass is 405 g/mol. The molecule has 0 aliphatic carbocycles. The second-order valence-electron chi connectivity index (χ2n) is 5.27. The lowest BCUT2D eigenvalue weighted by molar-refractivity contribution is 0.287. The molecule has 1 aromatic carbocycles. The van der Waals surface area contributed by atoms with Crippen molar-refractivity contribution in [3.63, 3.8) is 0 Å².